The molecule has 0 radical (unpaired) electrons. The Morgan fingerprint density at radius 2 is 1.36 bits per heavy atom. The average Bonchev–Trinajstić information content (AvgIpc) is 3.72. The molecule has 3 aliphatic heterocycles. The predicted octanol–water partition coefficient (Wildman–Crippen LogP) is -3.20. The number of nitrogens with zero attached hydrogens (tertiary/aromatic N) is 7. The highest BCUT2D eigenvalue weighted by molar-refractivity contribution is 7.50. The molecule has 7 heterocycles. The summed E-state index contributed by atoms with van der Waals surface area (Å²) < 4.78 is 51.2. The number of nitrogen functional groups attached to an aromatic ring is 2. The van der Waals surface area contributed by atoms with Gasteiger partial charge in [0, 0.05) is 0 Å². The van der Waals surface area contributed by atoms with E-state index in [-0.39, 0.29) is 34.1 Å². The van der Waals surface area contributed by atoms with E-state index in [0.29, 0.717) is 0 Å². The van der Waals surface area contributed by atoms with E-state index in [1.807, 2.05) is 0 Å². The van der Waals surface area contributed by atoms with Crippen molar-refractivity contribution in [2.75, 3.05) is 24.7 Å². The van der Waals surface area contributed by atoms with Crippen molar-refractivity contribution >= 4 is 49.6 Å². The maximum atomic E-state index is 13.2. The SMILES string of the molecule is Nc1nc2c(ncn2C2OC3COP(=O)(O)NC4C(COP(=O)(O)NC3C2O)OC(n2cnc3c(N)ncnc32)C4O)c(=O)[nH]1. The van der Waals surface area contributed by atoms with Gasteiger partial charge in [-0.1, -0.05) is 0 Å². The highest BCUT2D eigenvalue weighted by Gasteiger charge is 2.52. The molecule has 0 aliphatic carbocycles. The molecule has 0 saturated carbocycles. The maximum absolute atomic E-state index is 13.2. The summed E-state index contributed by atoms with van der Waals surface area (Å²) in [6.45, 7) is -1.40. The summed E-state index contributed by atoms with van der Waals surface area (Å²) in [5.41, 5.74) is 11.0. The molecule has 10 unspecified atom stereocenters. The van der Waals surface area contributed by atoms with Gasteiger partial charge in [-0.05, 0) is 0 Å². The van der Waals surface area contributed by atoms with Gasteiger partial charge >= 0.3 is 15.5 Å². The molecule has 25 heteroatoms. The first-order chi connectivity index (χ1) is 21.3. The van der Waals surface area contributed by atoms with Crippen LogP contribution in [0.1, 0.15) is 12.5 Å². The van der Waals surface area contributed by atoms with E-state index in [4.69, 9.17) is 30.0 Å². The first-order valence-corrected chi connectivity index (χ1v) is 16.3. The second-order valence-electron chi connectivity index (χ2n) is 10.4. The molecule has 0 aromatic carbocycles. The lowest BCUT2D eigenvalue weighted by Gasteiger charge is -2.29. The van der Waals surface area contributed by atoms with Gasteiger partial charge in [-0.15, -0.1) is 0 Å². The molecule has 4 aromatic heterocycles. The minimum absolute atomic E-state index is 0.0622. The van der Waals surface area contributed by atoms with Crippen LogP contribution < -0.4 is 27.2 Å². The Hall–Kier alpha value is -3.44. The van der Waals surface area contributed by atoms with Gasteiger partial charge in [-0.25, -0.2) is 39.2 Å². The number of aromatic nitrogens is 8. The van der Waals surface area contributed by atoms with Crippen LogP contribution in [-0.2, 0) is 27.7 Å². The first kappa shape index (κ1) is 30.2. The summed E-state index contributed by atoms with van der Waals surface area (Å²) in [6.07, 6.45) is -4.91. The van der Waals surface area contributed by atoms with Crippen LogP contribution in [0.15, 0.2) is 23.8 Å². The van der Waals surface area contributed by atoms with Gasteiger partial charge in [-0.2, -0.15) is 4.98 Å². The van der Waals surface area contributed by atoms with Crippen molar-refractivity contribution in [1.29, 1.82) is 0 Å². The molecule has 0 spiro atoms. The number of hydrogen-bond donors (Lipinski definition) is 9. The van der Waals surface area contributed by atoms with Crippen LogP contribution >= 0.6 is 15.5 Å². The number of nitrogens with two attached hydrogens (primary N) is 2. The van der Waals surface area contributed by atoms with Crippen LogP contribution in [0.25, 0.3) is 22.3 Å². The van der Waals surface area contributed by atoms with Gasteiger partial charge in [0.1, 0.15) is 36.3 Å². The average molecular weight is 672 g/mol. The highest BCUT2D eigenvalue weighted by Crippen LogP contribution is 2.47. The van der Waals surface area contributed by atoms with Crippen molar-refractivity contribution in [3.8, 4) is 0 Å². The van der Waals surface area contributed by atoms with Crippen LogP contribution in [0.4, 0.5) is 11.8 Å². The number of nitrogens with one attached hydrogen (secondary N) is 3. The molecule has 3 fully saturated rings. The normalized spacial score (nSPS) is 37.7. The third kappa shape index (κ3) is 5.31. The zero-order valence-electron chi connectivity index (χ0n) is 22.6. The molecule has 10 atom stereocenters. The summed E-state index contributed by atoms with van der Waals surface area (Å²) in [4.78, 5) is 56.0. The van der Waals surface area contributed by atoms with Gasteiger partial charge in [-0.3, -0.25) is 28.0 Å². The quantitative estimate of drug-likeness (QED) is 0.0947. The fourth-order valence-corrected chi connectivity index (χ4v) is 7.77. The largest absolute Gasteiger partial charge is 0.403 e. The number of rotatable bonds is 2. The lowest BCUT2D eigenvalue weighted by Crippen LogP contribution is -2.48. The molecule has 7 rings (SSSR count). The summed E-state index contributed by atoms with van der Waals surface area (Å²) in [5, 5.41) is 27.0. The minimum Gasteiger partial charge on any atom is -0.387 e. The van der Waals surface area contributed by atoms with Crippen LogP contribution in [0.5, 0.6) is 0 Å². The number of hydrogen-bond acceptors (Lipinski definition) is 16. The van der Waals surface area contributed by atoms with Crippen molar-refractivity contribution in [2.45, 2.75) is 49.0 Å². The Kier molecular flexibility index (Phi) is 7.27. The monoisotopic (exact) mass is 672 g/mol. The fourth-order valence-electron chi connectivity index (χ4n) is 5.53. The second-order valence-corrected chi connectivity index (χ2v) is 13.5. The number of aromatic amines is 1. The first-order valence-electron chi connectivity index (χ1n) is 13.1. The molecule has 0 bridgehead atoms. The van der Waals surface area contributed by atoms with Crippen molar-refractivity contribution in [3.63, 3.8) is 0 Å². The van der Waals surface area contributed by atoms with Gasteiger partial charge in [0.25, 0.3) is 5.56 Å². The molecule has 242 valence electrons. The Bertz CT molecular complexity index is 1940. The molecule has 3 aliphatic rings. The molecular weight excluding hydrogens is 646 g/mol. The maximum Gasteiger partial charge on any atom is 0.403 e. The summed E-state index contributed by atoms with van der Waals surface area (Å²) in [6, 6.07) is -2.81. The predicted molar refractivity (Wildman–Crippen MR) is 148 cm³/mol. The number of fused-ring (bicyclic) bond motifs is 4. The van der Waals surface area contributed by atoms with Crippen LogP contribution in [0, 0.1) is 0 Å². The summed E-state index contributed by atoms with van der Waals surface area (Å²) >= 11 is 0. The lowest BCUT2D eigenvalue weighted by molar-refractivity contribution is -0.0483. The molecule has 3 saturated heterocycles. The second kappa shape index (κ2) is 10.8. The third-order valence-corrected chi connectivity index (χ3v) is 9.83. The van der Waals surface area contributed by atoms with Crippen LogP contribution in [-0.4, -0.2) is 109 Å². The van der Waals surface area contributed by atoms with Crippen LogP contribution in [0.3, 0.4) is 0 Å². The van der Waals surface area contributed by atoms with E-state index in [1.165, 1.54) is 21.8 Å². The highest BCUT2D eigenvalue weighted by atomic mass is 31.2. The molecule has 0 amide bonds. The van der Waals surface area contributed by atoms with Crippen molar-refractivity contribution in [1.82, 2.24) is 49.2 Å². The number of H-pyrrole nitrogens is 1. The van der Waals surface area contributed by atoms with Gasteiger partial charge < -0.3 is 40.9 Å². The lowest BCUT2D eigenvalue weighted by atomic mass is 10.1. The van der Waals surface area contributed by atoms with Crippen molar-refractivity contribution in [3.05, 3.63) is 29.3 Å². The number of aliphatic hydroxyl groups is 2. The smallest absolute Gasteiger partial charge is 0.387 e. The zero-order chi connectivity index (χ0) is 31.8. The van der Waals surface area contributed by atoms with Crippen molar-refractivity contribution in [2.24, 2.45) is 0 Å². The Labute approximate surface area is 249 Å². The molecule has 4 aromatic rings. The number of imidazole rings is 2. The Morgan fingerprint density at radius 3 is 1.93 bits per heavy atom. The molecular formula is C20H26N12O11P2. The Balaban J connectivity index is 1.17. The topological polar surface area (TPSA) is 335 Å². The fraction of sp³-hybridized carbons (Fsp3) is 0.500. The summed E-state index contributed by atoms with van der Waals surface area (Å²) in [7, 11) is -9.55. The summed E-state index contributed by atoms with van der Waals surface area (Å²) in [5.74, 6) is -0.182. The van der Waals surface area contributed by atoms with E-state index in [0.717, 1.165) is 6.33 Å². The molecule has 45 heavy (non-hydrogen) atoms. The van der Waals surface area contributed by atoms with E-state index < -0.39 is 83.2 Å². The van der Waals surface area contributed by atoms with Gasteiger partial charge in [0.05, 0.1) is 38.0 Å². The standard InChI is InChI=1S/C20H26N12O11P2/c21-14-10-15(24-3-23-14)31(4-25-10)18-12(33)8-6(42-18)1-40-45(38,39)30-9-7(2-41-44(36,37)29-8)43-19(13(9)34)32-5-26-11-16(32)27-20(22)28-17(11)35/h3-9,12-13,18-19,33-34H,1-2H2,(H2,21,23,24)(H2,29,36,37)(H2,30,38,39)(H3,22,27,28,35). The molecule has 11 N–H and O–H groups in total. The van der Waals surface area contributed by atoms with Gasteiger partial charge in [0.2, 0.25) is 5.95 Å². The van der Waals surface area contributed by atoms with Crippen LogP contribution in [0.2, 0.25) is 0 Å². The van der Waals surface area contributed by atoms with E-state index in [1.54, 1.807) is 0 Å². The van der Waals surface area contributed by atoms with Gasteiger partial charge in [0.15, 0.2) is 35.1 Å². The number of aliphatic hydroxyl groups excluding tert-OH is 2. The number of anilines is 2. The third-order valence-electron chi connectivity index (χ3n) is 7.59. The van der Waals surface area contributed by atoms with Crippen molar-refractivity contribution < 1.29 is 47.7 Å². The zero-order valence-corrected chi connectivity index (χ0v) is 24.4. The van der Waals surface area contributed by atoms with E-state index in [2.05, 4.69) is 40.1 Å². The number of ether oxygens (including phenoxy) is 2. The minimum atomic E-state index is -4.78. The molecule has 23 nitrogen and oxygen atoms in total. The van der Waals surface area contributed by atoms with E-state index >= 15 is 0 Å². The van der Waals surface area contributed by atoms with E-state index in [9.17, 15) is 33.9 Å². The Morgan fingerprint density at radius 1 is 0.822 bits per heavy atom.